The SMILES string of the molecule is CCCN1CCC(NC(=NC)NCC(Nc2ccccc2)C(C)C)CC1.I. The van der Waals surface area contributed by atoms with E-state index < -0.39 is 0 Å². The summed E-state index contributed by atoms with van der Waals surface area (Å²) in [6.45, 7) is 11.2. The Morgan fingerprint density at radius 3 is 2.41 bits per heavy atom. The fraction of sp³-hybridized carbons (Fsp3) is 0.667. The molecule has 0 aromatic heterocycles. The second-order valence-electron chi connectivity index (χ2n) is 7.57. The van der Waals surface area contributed by atoms with Crippen molar-refractivity contribution in [1.82, 2.24) is 15.5 Å². The van der Waals surface area contributed by atoms with E-state index in [-0.39, 0.29) is 24.0 Å². The molecule has 27 heavy (non-hydrogen) atoms. The third-order valence-electron chi connectivity index (χ3n) is 5.11. The largest absolute Gasteiger partial charge is 0.380 e. The van der Waals surface area contributed by atoms with Crippen molar-refractivity contribution in [1.29, 1.82) is 0 Å². The predicted octanol–water partition coefficient (Wildman–Crippen LogP) is 3.78. The first-order valence-corrected chi connectivity index (χ1v) is 10.1. The van der Waals surface area contributed by atoms with Gasteiger partial charge in [-0.25, -0.2) is 0 Å². The topological polar surface area (TPSA) is 51.7 Å². The number of anilines is 1. The fourth-order valence-corrected chi connectivity index (χ4v) is 3.41. The molecule has 1 heterocycles. The Bertz CT molecular complexity index is 527. The van der Waals surface area contributed by atoms with Crippen molar-refractivity contribution >= 4 is 35.6 Å². The van der Waals surface area contributed by atoms with E-state index in [0.717, 1.165) is 12.5 Å². The zero-order valence-corrected chi connectivity index (χ0v) is 19.7. The summed E-state index contributed by atoms with van der Waals surface area (Å²) in [5.74, 6) is 1.44. The van der Waals surface area contributed by atoms with E-state index >= 15 is 0 Å². The van der Waals surface area contributed by atoms with Crippen LogP contribution in [-0.2, 0) is 0 Å². The van der Waals surface area contributed by atoms with Crippen LogP contribution in [0.15, 0.2) is 35.3 Å². The number of nitrogens with one attached hydrogen (secondary N) is 3. The molecule has 0 amide bonds. The van der Waals surface area contributed by atoms with Crippen molar-refractivity contribution in [3.63, 3.8) is 0 Å². The summed E-state index contributed by atoms with van der Waals surface area (Å²) in [7, 11) is 1.86. The van der Waals surface area contributed by atoms with Gasteiger partial charge in [0, 0.05) is 44.5 Å². The highest BCUT2D eigenvalue weighted by Gasteiger charge is 2.20. The minimum absolute atomic E-state index is 0. The molecule has 1 saturated heterocycles. The number of likely N-dealkylation sites (tertiary alicyclic amines) is 1. The van der Waals surface area contributed by atoms with E-state index in [2.05, 4.69) is 70.9 Å². The van der Waals surface area contributed by atoms with Gasteiger partial charge in [0.15, 0.2) is 5.96 Å². The Morgan fingerprint density at radius 2 is 1.85 bits per heavy atom. The quantitative estimate of drug-likeness (QED) is 0.297. The van der Waals surface area contributed by atoms with E-state index in [9.17, 15) is 0 Å². The lowest BCUT2D eigenvalue weighted by molar-refractivity contribution is 0.206. The average molecular weight is 487 g/mol. The highest BCUT2D eigenvalue weighted by atomic mass is 127. The Morgan fingerprint density at radius 1 is 1.19 bits per heavy atom. The molecule has 154 valence electrons. The van der Waals surface area contributed by atoms with Crippen LogP contribution in [0.4, 0.5) is 5.69 Å². The summed E-state index contributed by atoms with van der Waals surface area (Å²) in [6, 6.07) is 11.3. The molecule has 1 unspecified atom stereocenters. The second-order valence-corrected chi connectivity index (χ2v) is 7.57. The van der Waals surface area contributed by atoms with Crippen molar-refractivity contribution in [3.8, 4) is 0 Å². The minimum Gasteiger partial charge on any atom is -0.380 e. The second kappa shape index (κ2) is 13.2. The molecule has 1 fully saturated rings. The zero-order chi connectivity index (χ0) is 18.8. The lowest BCUT2D eigenvalue weighted by Crippen LogP contribution is -2.51. The van der Waals surface area contributed by atoms with Crippen LogP contribution in [0.2, 0.25) is 0 Å². The number of para-hydroxylation sites is 1. The first-order valence-electron chi connectivity index (χ1n) is 10.1. The third kappa shape index (κ3) is 8.68. The van der Waals surface area contributed by atoms with Gasteiger partial charge in [0.2, 0.25) is 0 Å². The maximum atomic E-state index is 4.43. The molecule has 1 aromatic carbocycles. The van der Waals surface area contributed by atoms with Crippen LogP contribution >= 0.6 is 24.0 Å². The molecule has 1 atom stereocenters. The van der Waals surface area contributed by atoms with Crippen LogP contribution < -0.4 is 16.0 Å². The number of piperidine rings is 1. The van der Waals surface area contributed by atoms with Gasteiger partial charge in [0.25, 0.3) is 0 Å². The molecule has 6 heteroatoms. The van der Waals surface area contributed by atoms with Crippen molar-refractivity contribution < 1.29 is 0 Å². The molecule has 0 saturated carbocycles. The molecule has 0 aliphatic carbocycles. The molecule has 0 radical (unpaired) electrons. The summed E-state index contributed by atoms with van der Waals surface area (Å²) in [5.41, 5.74) is 1.17. The van der Waals surface area contributed by atoms with E-state index in [1.54, 1.807) is 0 Å². The summed E-state index contributed by atoms with van der Waals surface area (Å²) in [4.78, 5) is 6.99. The van der Waals surface area contributed by atoms with Gasteiger partial charge in [0.05, 0.1) is 0 Å². The number of aliphatic imine (C=N–C) groups is 1. The zero-order valence-electron chi connectivity index (χ0n) is 17.4. The Labute approximate surface area is 182 Å². The highest BCUT2D eigenvalue weighted by Crippen LogP contribution is 2.12. The normalized spacial score (nSPS) is 17.3. The van der Waals surface area contributed by atoms with E-state index in [1.165, 1.54) is 44.6 Å². The van der Waals surface area contributed by atoms with Crippen molar-refractivity contribution in [2.75, 3.05) is 38.5 Å². The summed E-state index contributed by atoms with van der Waals surface area (Å²) in [6.07, 6.45) is 3.62. The molecule has 0 spiro atoms. The average Bonchev–Trinajstić information content (AvgIpc) is 2.66. The first kappa shape index (κ1) is 24.0. The predicted molar refractivity (Wildman–Crippen MR) is 128 cm³/mol. The Balaban J connectivity index is 0.00000364. The number of benzene rings is 1. The van der Waals surface area contributed by atoms with E-state index in [0.29, 0.717) is 18.0 Å². The first-order chi connectivity index (χ1) is 12.6. The van der Waals surface area contributed by atoms with Gasteiger partial charge in [-0.15, -0.1) is 24.0 Å². The van der Waals surface area contributed by atoms with Gasteiger partial charge in [-0.2, -0.15) is 0 Å². The molecule has 3 N–H and O–H groups in total. The minimum atomic E-state index is 0. The van der Waals surface area contributed by atoms with E-state index in [4.69, 9.17) is 0 Å². The van der Waals surface area contributed by atoms with Gasteiger partial charge in [-0.3, -0.25) is 4.99 Å². The molecule has 0 bridgehead atoms. The molecular formula is C21H38IN5. The van der Waals surface area contributed by atoms with Crippen molar-refractivity contribution in [2.45, 2.75) is 52.1 Å². The number of nitrogens with zero attached hydrogens (tertiary/aromatic N) is 2. The summed E-state index contributed by atoms with van der Waals surface area (Å²) >= 11 is 0. The Hall–Kier alpha value is -1.02. The molecule has 1 aliphatic heterocycles. The van der Waals surface area contributed by atoms with Gasteiger partial charge >= 0.3 is 0 Å². The molecule has 1 aromatic rings. The summed E-state index contributed by atoms with van der Waals surface area (Å²) < 4.78 is 0. The molecule has 2 rings (SSSR count). The smallest absolute Gasteiger partial charge is 0.191 e. The van der Waals surface area contributed by atoms with Gasteiger partial charge in [-0.05, 0) is 43.9 Å². The highest BCUT2D eigenvalue weighted by molar-refractivity contribution is 14.0. The van der Waals surface area contributed by atoms with Gasteiger partial charge < -0.3 is 20.9 Å². The van der Waals surface area contributed by atoms with Crippen molar-refractivity contribution in [3.05, 3.63) is 30.3 Å². The van der Waals surface area contributed by atoms with Crippen LogP contribution in [0, 0.1) is 5.92 Å². The summed E-state index contributed by atoms with van der Waals surface area (Å²) in [5, 5.41) is 10.8. The number of halogens is 1. The van der Waals surface area contributed by atoms with Gasteiger partial charge in [0.1, 0.15) is 0 Å². The van der Waals surface area contributed by atoms with Crippen LogP contribution in [0.3, 0.4) is 0 Å². The van der Waals surface area contributed by atoms with Crippen LogP contribution in [0.5, 0.6) is 0 Å². The van der Waals surface area contributed by atoms with Crippen LogP contribution in [0.1, 0.15) is 40.0 Å². The lowest BCUT2D eigenvalue weighted by Gasteiger charge is -2.33. The fourth-order valence-electron chi connectivity index (χ4n) is 3.41. The molecular weight excluding hydrogens is 449 g/mol. The maximum absolute atomic E-state index is 4.43. The molecule has 1 aliphatic rings. The lowest BCUT2D eigenvalue weighted by atomic mass is 10.0. The Kier molecular flexibility index (Phi) is 11.7. The number of rotatable bonds is 8. The monoisotopic (exact) mass is 487 g/mol. The number of hydrogen-bond acceptors (Lipinski definition) is 3. The van der Waals surface area contributed by atoms with E-state index in [1.807, 2.05) is 13.1 Å². The standard InChI is InChI=1S/C21H37N5.HI/c1-5-13-26-14-11-19(12-15-26)25-21(22-4)23-16-20(17(2)3)24-18-9-7-6-8-10-18;/h6-10,17,19-20,24H,5,11-16H2,1-4H3,(H2,22,23,25);1H. The maximum Gasteiger partial charge on any atom is 0.191 e. The van der Waals surface area contributed by atoms with Crippen molar-refractivity contribution in [2.24, 2.45) is 10.9 Å². The van der Waals surface area contributed by atoms with Crippen LogP contribution in [-0.4, -0.2) is 56.2 Å². The number of hydrogen-bond donors (Lipinski definition) is 3. The number of guanidine groups is 1. The van der Waals surface area contributed by atoms with Crippen LogP contribution in [0.25, 0.3) is 0 Å². The third-order valence-corrected chi connectivity index (χ3v) is 5.11. The van der Waals surface area contributed by atoms with Gasteiger partial charge in [-0.1, -0.05) is 39.0 Å². The molecule has 5 nitrogen and oxygen atoms in total.